The molecule has 1 amide bonds. The fourth-order valence-electron chi connectivity index (χ4n) is 2.56. The van der Waals surface area contributed by atoms with Gasteiger partial charge in [0.2, 0.25) is 5.91 Å². The van der Waals surface area contributed by atoms with Crippen LogP contribution in [0, 0.1) is 0 Å². The molecule has 5 nitrogen and oxygen atoms in total. The molecule has 3 aromatic rings. The molecule has 0 aliphatic rings. The second kappa shape index (κ2) is 9.31. The lowest BCUT2D eigenvalue weighted by molar-refractivity contribution is -0.115. The zero-order valence-electron chi connectivity index (χ0n) is 14.7. The monoisotopic (exact) mass is 370 g/mol. The molecule has 1 heterocycles. The normalized spacial score (nSPS) is 10.8. The van der Waals surface area contributed by atoms with Crippen molar-refractivity contribution in [2.45, 2.75) is 19.8 Å². The van der Waals surface area contributed by atoms with Crippen LogP contribution in [-0.2, 0) is 16.0 Å². The summed E-state index contributed by atoms with van der Waals surface area (Å²) in [5.74, 6) is 0.722. The number of benzene rings is 2. The number of rotatable bonds is 9. The summed E-state index contributed by atoms with van der Waals surface area (Å²) in [6.07, 6.45) is 1.15. The molecule has 0 saturated heterocycles. The predicted molar refractivity (Wildman–Crippen MR) is 105 cm³/mol. The Morgan fingerprint density at radius 1 is 1.19 bits per heavy atom. The first-order valence-electron chi connectivity index (χ1n) is 8.67. The van der Waals surface area contributed by atoms with E-state index in [-0.39, 0.29) is 5.91 Å². The van der Waals surface area contributed by atoms with Crippen LogP contribution in [0.5, 0.6) is 5.75 Å². The lowest BCUT2D eigenvalue weighted by Gasteiger charge is -2.09. The molecular weight excluding hydrogens is 348 g/mol. The maximum atomic E-state index is 12.3. The van der Waals surface area contributed by atoms with Gasteiger partial charge in [0.25, 0.3) is 0 Å². The summed E-state index contributed by atoms with van der Waals surface area (Å²) >= 11 is 1.56. The molecule has 0 aliphatic heterocycles. The van der Waals surface area contributed by atoms with Crippen LogP contribution >= 0.6 is 11.3 Å². The first kappa shape index (κ1) is 18.4. The maximum Gasteiger partial charge on any atom is 0.228 e. The summed E-state index contributed by atoms with van der Waals surface area (Å²) in [4.78, 5) is 16.6. The van der Waals surface area contributed by atoms with Gasteiger partial charge in [0.15, 0.2) is 0 Å². The Balaban J connectivity index is 1.52. The number of amides is 1. The Morgan fingerprint density at radius 2 is 2.12 bits per heavy atom. The van der Waals surface area contributed by atoms with E-state index in [9.17, 15) is 4.79 Å². The van der Waals surface area contributed by atoms with E-state index >= 15 is 0 Å². The number of anilines is 1. The number of thiazole rings is 1. The largest absolute Gasteiger partial charge is 0.493 e. The number of aromatic nitrogens is 1. The Hall–Kier alpha value is -2.44. The van der Waals surface area contributed by atoms with Crippen LogP contribution in [0.4, 0.5) is 5.69 Å². The number of nitrogens with zero attached hydrogens (tertiary/aromatic N) is 1. The Kier molecular flexibility index (Phi) is 6.57. The van der Waals surface area contributed by atoms with Crippen LogP contribution in [0.2, 0.25) is 0 Å². The topological polar surface area (TPSA) is 60.5 Å². The van der Waals surface area contributed by atoms with E-state index < -0.39 is 0 Å². The van der Waals surface area contributed by atoms with Crippen molar-refractivity contribution < 1.29 is 14.3 Å². The van der Waals surface area contributed by atoms with Gasteiger partial charge in [-0.3, -0.25) is 4.79 Å². The predicted octanol–water partition coefficient (Wildman–Crippen LogP) is 4.28. The minimum atomic E-state index is -0.0534. The van der Waals surface area contributed by atoms with Crippen LogP contribution in [0.3, 0.4) is 0 Å². The Labute approximate surface area is 157 Å². The van der Waals surface area contributed by atoms with E-state index in [1.165, 1.54) is 0 Å². The molecule has 0 spiro atoms. The van der Waals surface area contributed by atoms with Gasteiger partial charge in [-0.1, -0.05) is 12.1 Å². The zero-order valence-corrected chi connectivity index (χ0v) is 15.6. The smallest absolute Gasteiger partial charge is 0.228 e. The second-order valence-corrected chi connectivity index (χ2v) is 6.69. The first-order chi connectivity index (χ1) is 12.7. The van der Waals surface area contributed by atoms with Crippen LogP contribution in [0.1, 0.15) is 18.9 Å². The zero-order chi connectivity index (χ0) is 18.2. The second-order valence-electron chi connectivity index (χ2n) is 5.81. The van der Waals surface area contributed by atoms with Gasteiger partial charge in [-0.15, -0.1) is 11.3 Å². The molecule has 1 N–H and O–H groups in total. The number of hydrogen-bond acceptors (Lipinski definition) is 5. The van der Waals surface area contributed by atoms with Crippen molar-refractivity contribution in [3.63, 3.8) is 0 Å². The molecule has 6 heteroatoms. The van der Waals surface area contributed by atoms with E-state index in [1.54, 1.807) is 16.8 Å². The molecule has 2 aromatic carbocycles. The average Bonchev–Trinajstić information content (AvgIpc) is 3.09. The number of carbonyl (C=O) groups excluding carboxylic acids is 1. The Morgan fingerprint density at radius 3 is 3.00 bits per heavy atom. The lowest BCUT2D eigenvalue weighted by Crippen LogP contribution is -2.14. The van der Waals surface area contributed by atoms with Gasteiger partial charge in [-0.05, 0) is 42.8 Å². The number of nitrogens with one attached hydrogen (secondary N) is 1. The number of ether oxygens (including phenoxy) is 2. The molecule has 0 bridgehead atoms. The fraction of sp³-hybridized carbons (Fsp3) is 0.300. The highest BCUT2D eigenvalue weighted by Crippen LogP contribution is 2.22. The summed E-state index contributed by atoms with van der Waals surface area (Å²) in [7, 11) is 0. The van der Waals surface area contributed by atoms with Crippen molar-refractivity contribution in [3.05, 3.63) is 53.5 Å². The SMILES string of the molecule is CCOCCCOc1cccc(CC(=O)Nc2ccc3ncsc3c2)c1. The Bertz CT molecular complexity index is 863. The molecule has 3 rings (SSSR count). The van der Waals surface area contributed by atoms with Gasteiger partial charge in [0, 0.05) is 25.3 Å². The number of carbonyl (C=O) groups is 1. The van der Waals surface area contributed by atoms with Gasteiger partial charge >= 0.3 is 0 Å². The van der Waals surface area contributed by atoms with Gasteiger partial charge in [0.1, 0.15) is 5.75 Å². The quantitative estimate of drug-likeness (QED) is 0.571. The van der Waals surface area contributed by atoms with Crippen molar-refractivity contribution in [1.82, 2.24) is 4.98 Å². The molecule has 0 unspecified atom stereocenters. The third kappa shape index (κ3) is 5.28. The van der Waals surface area contributed by atoms with Crippen molar-refractivity contribution in [2.75, 3.05) is 25.1 Å². The van der Waals surface area contributed by atoms with Gasteiger partial charge < -0.3 is 14.8 Å². The molecule has 136 valence electrons. The van der Waals surface area contributed by atoms with Crippen LogP contribution < -0.4 is 10.1 Å². The van der Waals surface area contributed by atoms with E-state index in [0.29, 0.717) is 19.6 Å². The molecule has 1 aromatic heterocycles. The standard InChI is InChI=1S/C20H22N2O3S/c1-2-24-9-4-10-25-17-6-3-5-15(11-17)12-20(23)22-16-7-8-18-19(13-16)26-14-21-18/h3,5-8,11,13-14H,2,4,9-10,12H2,1H3,(H,22,23). The lowest BCUT2D eigenvalue weighted by atomic mass is 10.1. The third-order valence-electron chi connectivity index (χ3n) is 3.78. The van der Waals surface area contributed by atoms with Crippen molar-refractivity contribution in [2.24, 2.45) is 0 Å². The summed E-state index contributed by atoms with van der Waals surface area (Å²) < 4.78 is 12.1. The fourth-order valence-corrected chi connectivity index (χ4v) is 3.28. The van der Waals surface area contributed by atoms with Crippen LogP contribution in [0.25, 0.3) is 10.2 Å². The minimum Gasteiger partial charge on any atom is -0.493 e. The highest BCUT2D eigenvalue weighted by Gasteiger charge is 2.07. The van der Waals surface area contributed by atoms with Crippen LogP contribution in [0.15, 0.2) is 48.0 Å². The van der Waals surface area contributed by atoms with Crippen molar-refractivity contribution in [1.29, 1.82) is 0 Å². The summed E-state index contributed by atoms with van der Waals surface area (Å²) in [5.41, 5.74) is 4.46. The van der Waals surface area contributed by atoms with E-state index in [1.807, 2.05) is 49.4 Å². The highest BCUT2D eigenvalue weighted by atomic mass is 32.1. The molecule has 0 fully saturated rings. The maximum absolute atomic E-state index is 12.3. The summed E-state index contributed by atoms with van der Waals surface area (Å²) in [5, 5.41) is 2.94. The highest BCUT2D eigenvalue weighted by molar-refractivity contribution is 7.16. The number of fused-ring (bicyclic) bond motifs is 1. The molecule has 0 saturated carbocycles. The molecule has 0 aliphatic carbocycles. The summed E-state index contributed by atoms with van der Waals surface area (Å²) in [6.45, 7) is 4.00. The minimum absolute atomic E-state index is 0.0534. The molecule has 0 radical (unpaired) electrons. The van der Waals surface area contributed by atoms with E-state index in [4.69, 9.17) is 9.47 Å². The van der Waals surface area contributed by atoms with Crippen LogP contribution in [-0.4, -0.2) is 30.7 Å². The van der Waals surface area contributed by atoms with E-state index in [2.05, 4.69) is 10.3 Å². The summed E-state index contributed by atoms with van der Waals surface area (Å²) in [6, 6.07) is 13.4. The number of hydrogen-bond donors (Lipinski definition) is 1. The van der Waals surface area contributed by atoms with Gasteiger partial charge in [-0.25, -0.2) is 4.98 Å². The average molecular weight is 370 g/mol. The molecular formula is C20H22N2O3S. The van der Waals surface area contributed by atoms with Crippen molar-refractivity contribution in [3.8, 4) is 5.75 Å². The molecule has 0 atom stereocenters. The third-order valence-corrected chi connectivity index (χ3v) is 4.58. The van der Waals surface area contributed by atoms with Gasteiger partial charge in [-0.2, -0.15) is 0 Å². The van der Waals surface area contributed by atoms with Gasteiger partial charge in [0.05, 0.1) is 28.8 Å². The first-order valence-corrected chi connectivity index (χ1v) is 9.55. The molecule has 26 heavy (non-hydrogen) atoms. The van der Waals surface area contributed by atoms with Crippen molar-refractivity contribution >= 4 is 33.1 Å². The van der Waals surface area contributed by atoms with E-state index in [0.717, 1.165) is 40.2 Å².